The monoisotopic (exact) mass is 674 g/mol. The molecule has 3 aromatic carbocycles. The largest absolute Gasteiger partial charge is 0.487 e. The van der Waals surface area contributed by atoms with Crippen molar-refractivity contribution >= 4 is 62.0 Å². The van der Waals surface area contributed by atoms with E-state index in [2.05, 4.69) is 26.2 Å². The minimum Gasteiger partial charge on any atom is -0.487 e. The predicted octanol–water partition coefficient (Wildman–Crippen LogP) is 8.31. The van der Waals surface area contributed by atoms with E-state index < -0.39 is 18.9 Å². The fourth-order valence-corrected chi connectivity index (χ4v) is 5.58. The Hall–Kier alpha value is -3.47. The Kier molecular flexibility index (Phi) is 10.6. The molecule has 0 radical (unpaired) electrons. The number of halogens is 4. The Morgan fingerprint density at radius 2 is 1.67 bits per heavy atom. The summed E-state index contributed by atoms with van der Waals surface area (Å²) in [6, 6.07) is 16.3. The highest BCUT2D eigenvalue weighted by Gasteiger charge is 2.19. The second-order valence-electron chi connectivity index (χ2n) is 9.47. The molecule has 6 nitrogen and oxygen atoms in total. The predicted molar refractivity (Wildman–Crippen MR) is 164 cm³/mol. The van der Waals surface area contributed by atoms with Crippen LogP contribution in [0.25, 0.3) is 0 Å². The second kappa shape index (κ2) is 14.1. The van der Waals surface area contributed by atoms with E-state index in [0.29, 0.717) is 23.4 Å². The molecule has 1 aromatic heterocycles. The molecule has 11 heteroatoms. The van der Waals surface area contributed by atoms with Crippen LogP contribution in [-0.2, 0) is 12.8 Å². The van der Waals surface area contributed by atoms with Crippen molar-refractivity contribution in [3.05, 3.63) is 108 Å². The normalized spacial score (nSPS) is 11.0. The summed E-state index contributed by atoms with van der Waals surface area (Å²) in [6.07, 6.45) is -2.19. The van der Waals surface area contributed by atoms with Gasteiger partial charge in [-0.25, -0.2) is 13.8 Å². The molecule has 4 rings (SSSR count). The van der Waals surface area contributed by atoms with Crippen LogP contribution in [0.2, 0.25) is 5.02 Å². The summed E-state index contributed by atoms with van der Waals surface area (Å²) in [5.41, 5.74) is 2.49. The maximum Gasteiger partial charge on any atom is 0.272 e. The van der Waals surface area contributed by atoms with Gasteiger partial charge < -0.3 is 10.1 Å². The molecule has 1 N–H and O–H groups in total. The lowest BCUT2D eigenvalue weighted by Gasteiger charge is -2.14. The number of aromatic nitrogens is 1. The van der Waals surface area contributed by atoms with Gasteiger partial charge in [-0.15, -0.1) is 11.3 Å². The standard InChI is InChI=1S/C31H26BrClF2N2O4S/c1-17-30(36-18(2)42-17)26(38)11-4-19-3-10-25(33)23(13-19)27(39)15-20-5-12-28(41-16-29(34)35)24(14-20)31(40)37-22-8-6-21(32)7-9-22/h3,5-10,12-14,29H,4,11,15-16H2,1-2H3,(H,37,40). The molecule has 0 aliphatic heterocycles. The van der Waals surface area contributed by atoms with Crippen LogP contribution in [0.3, 0.4) is 0 Å². The molecule has 0 fully saturated rings. The Morgan fingerprint density at radius 3 is 2.33 bits per heavy atom. The molecule has 0 unspecified atom stereocenters. The van der Waals surface area contributed by atoms with Crippen LogP contribution in [0.1, 0.15) is 58.6 Å². The number of anilines is 1. The smallest absolute Gasteiger partial charge is 0.272 e. The van der Waals surface area contributed by atoms with Gasteiger partial charge in [0.1, 0.15) is 18.1 Å². The SMILES string of the molecule is Cc1nc(C(=O)CCc2ccc(Cl)c(C(=O)Cc3ccc(OCC(F)F)c(C(=O)Nc4ccc(Br)cc4)c3)c2)c(C)s1. The van der Waals surface area contributed by atoms with E-state index in [9.17, 15) is 23.2 Å². The van der Waals surface area contributed by atoms with Crippen LogP contribution < -0.4 is 10.1 Å². The zero-order valence-corrected chi connectivity index (χ0v) is 25.8. The summed E-state index contributed by atoms with van der Waals surface area (Å²) in [6.45, 7) is 2.83. The number of hydrogen-bond acceptors (Lipinski definition) is 6. The zero-order chi connectivity index (χ0) is 30.4. The number of carbonyl (C=O) groups is 3. The minimum atomic E-state index is -2.73. The first-order valence-electron chi connectivity index (χ1n) is 12.9. The quantitative estimate of drug-likeness (QED) is 0.153. The topological polar surface area (TPSA) is 85.4 Å². The number of hydrogen-bond donors (Lipinski definition) is 1. The average molecular weight is 676 g/mol. The van der Waals surface area contributed by atoms with Crippen molar-refractivity contribution in [1.29, 1.82) is 0 Å². The van der Waals surface area contributed by atoms with E-state index in [1.165, 1.54) is 23.5 Å². The third kappa shape index (κ3) is 8.30. The van der Waals surface area contributed by atoms with Crippen LogP contribution in [0.15, 0.2) is 65.1 Å². The first-order valence-corrected chi connectivity index (χ1v) is 14.9. The van der Waals surface area contributed by atoms with Gasteiger partial charge in [0.2, 0.25) is 0 Å². The number of carbonyl (C=O) groups excluding carboxylic acids is 3. The number of aryl methyl sites for hydroxylation is 3. The summed E-state index contributed by atoms with van der Waals surface area (Å²) >= 11 is 11.2. The van der Waals surface area contributed by atoms with Crippen LogP contribution in [0.4, 0.5) is 14.5 Å². The van der Waals surface area contributed by atoms with Gasteiger partial charge in [-0.3, -0.25) is 14.4 Å². The molecule has 42 heavy (non-hydrogen) atoms. The number of amides is 1. The average Bonchev–Trinajstić information content (AvgIpc) is 3.30. The van der Waals surface area contributed by atoms with Gasteiger partial charge in [0.25, 0.3) is 12.3 Å². The highest BCUT2D eigenvalue weighted by Crippen LogP contribution is 2.26. The number of ketones is 2. The summed E-state index contributed by atoms with van der Waals surface area (Å²) in [4.78, 5) is 44.3. The first-order chi connectivity index (χ1) is 20.0. The highest BCUT2D eigenvalue weighted by molar-refractivity contribution is 9.10. The number of rotatable bonds is 12. The second-order valence-corrected chi connectivity index (χ2v) is 12.2. The lowest BCUT2D eigenvalue weighted by molar-refractivity contribution is 0.0803. The Balaban J connectivity index is 1.51. The van der Waals surface area contributed by atoms with Crippen molar-refractivity contribution in [2.24, 2.45) is 0 Å². The molecule has 0 bridgehead atoms. The molecular weight excluding hydrogens is 650 g/mol. The van der Waals surface area contributed by atoms with Crippen molar-refractivity contribution in [1.82, 2.24) is 4.98 Å². The molecule has 218 valence electrons. The number of thiazole rings is 1. The molecule has 0 aliphatic rings. The molecule has 0 spiro atoms. The number of Topliss-reactive ketones (excluding diaryl/α,β-unsaturated/α-hetero) is 2. The number of benzene rings is 3. The van der Waals surface area contributed by atoms with E-state index in [1.807, 2.05) is 13.8 Å². The maximum atomic E-state index is 13.3. The fourth-order valence-electron chi connectivity index (χ4n) is 4.26. The third-order valence-corrected chi connectivity index (χ3v) is 8.00. The van der Waals surface area contributed by atoms with E-state index in [4.69, 9.17) is 16.3 Å². The van der Waals surface area contributed by atoms with Crippen molar-refractivity contribution in [2.75, 3.05) is 11.9 Å². The van der Waals surface area contributed by atoms with Gasteiger partial charge >= 0.3 is 0 Å². The molecule has 4 aromatic rings. The van der Waals surface area contributed by atoms with Gasteiger partial charge in [-0.1, -0.05) is 39.7 Å². The van der Waals surface area contributed by atoms with Crippen LogP contribution in [0, 0.1) is 13.8 Å². The molecule has 0 atom stereocenters. The number of ether oxygens (including phenoxy) is 1. The lowest BCUT2D eigenvalue weighted by Crippen LogP contribution is -2.16. The van der Waals surface area contributed by atoms with Crippen molar-refractivity contribution in [3.8, 4) is 5.75 Å². The van der Waals surface area contributed by atoms with Crippen molar-refractivity contribution in [2.45, 2.75) is 39.5 Å². The van der Waals surface area contributed by atoms with Crippen LogP contribution >= 0.6 is 38.9 Å². The van der Waals surface area contributed by atoms with E-state index in [-0.39, 0.29) is 46.3 Å². The molecule has 1 heterocycles. The Morgan fingerprint density at radius 1 is 0.976 bits per heavy atom. The van der Waals surface area contributed by atoms with Gasteiger partial charge in [0, 0.05) is 33.4 Å². The third-order valence-electron chi connectivity index (χ3n) is 6.26. The van der Waals surface area contributed by atoms with Crippen LogP contribution in [0.5, 0.6) is 5.75 Å². The lowest BCUT2D eigenvalue weighted by atomic mass is 9.97. The number of alkyl halides is 2. The molecule has 1 amide bonds. The van der Waals surface area contributed by atoms with E-state index >= 15 is 0 Å². The highest BCUT2D eigenvalue weighted by atomic mass is 79.9. The maximum absolute atomic E-state index is 13.3. The van der Waals surface area contributed by atoms with Gasteiger partial charge in [0.05, 0.1) is 15.6 Å². The molecule has 0 saturated heterocycles. The summed E-state index contributed by atoms with van der Waals surface area (Å²) in [5.74, 6) is -0.982. The molecule has 0 aliphatic carbocycles. The number of nitrogens with zero attached hydrogens (tertiary/aromatic N) is 1. The van der Waals surface area contributed by atoms with Crippen LogP contribution in [-0.4, -0.2) is 35.5 Å². The Bertz CT molecular complexity index is 1630. The first kappa shape index (κ1) is 31.5. The summed E-state index contributed by atoms with van der Waals surface area (Å²) in [5, 5.41) is 3.80. The van der Waals surface area contributed by atoms with Gasteiger partial charge in [-0.2, -0.15) is 0 Å². The van der Waals surface area contributed by atoms with Gasteiger partial charge in [-0.05, 0) is 79.9 Å². The fraction of sp³-hybridized carbons (Fsp3) is 0.226. The Labute approximate surface area is 259 Å². The summed E-state index contributed by atoms with van der Waals surface area (Å²) in [7, 11) is 0. The van der Waals surface area contributed by atoms with E-state index in [0.717, 1.165) is 19.9 Å². The summed E-state index contributed by atoms with van der Waals surface area (Å²) < 4.78 is 31.7. The zero-order valence-electron chi connectivity index (χ0n) is 22.7. The molecular formula is C31H26BrClF2N2O4S. The minimum absolute atomic E-state index is 0.00907. The van der Waals surface area contributed by atoms with E-state index in [1.54, 1.807) is 48.5 Å². The number of nitrogens with one attached hydrogen (secondary N) is 1. The molecule has 0 saturated carbocycles. The van der Waals surface area contributed by atoms with Crippen molar-refractivity contribution < 1.29 is 27.9 Å². The van der Waals surface area contributed by atoms with Gasteiger partial charge in [0.15, 0.2) is 11.6 Å². The van der Waals surface area contributed by atoms with Crippen molar-refractivity contribution in [3.63, 3.8) is 0 Å².